The summed E-state index contributed by atoms with van der Waals surface area (Å²) in [6.07, 6.45) is 5.48. The van der Waals surface area contributed by atoms with Crippen molar-refractivity contribution in [1.82, 2.24) is 10.2 Å². The van der Waals surface area contributed by atoms with E-state index >= 15 is 0 Å². The van der Waals surface area contributed by atoms with Gasteiger partial charge in [0.1, 0.15) is 0 Å². The van der Waals surface area contributed by atoms with Crippen molar-refractivity contribution in [2.24, 2.45) is 11.1 Å². The molecule has 1 aromatic carbocycles. The van der Waals surface area contributed by atoms with E-state index in [-0.39, 0.29) is 0 Å². The zero-order valence-electron chi connectivity index (χ0n) is 10.4. The van der Waals surface area contributed by atoms with Crippen molar-refractivity contribution in [2.75, 3.05) is 18.4 Å². The molecule has 2 aromatic rings. The Balaban J connectivity index is 1.79. The summed E-state index contributed by atoms with van der Waals surface area (Å²) in [4.78, 5) is 0. The zero-order valence-corrected chi connectivity index (χ0v) is 10.4. The molecule has 0 unspecified atom stereocenters. The number of aromatic nitrogens is 2. The van der Waals surface area contributed by atoms with E-state index in [2.05, 4.69) is 21.6 Å². The number of benzene rings is 1. The standard InChI is InChI=1S/C14H18N4/c15-8-7-14(5-6-14)10-16-13-9-17-18-12-4-2-1-3-11(12)13/h1-4,9H,5-8,10,15H2,(H,16,18). The van der Waals surface area contributed by atoms with E-state index in [0.29, 0.717) is 5.41 Å². The molecule has 3 N–H and O–H groups in total. The van der Waals surface area contributed by atoms with Gasteiger partial charge in [-0.1, -0.05) is 18.2 Å². The lowest BCUT2D eigenvalue weighted by Gasteiger charge is -2.16. The third kappa shape index (κ3) is 2.16. The first-order valence-electron chi connectivity index (χ1n) is 6.47. The molecule has 1 aliphatic rings. The van der Waals surface area contributed by atoms with Gasteiger partial charge in [-0.2, -0.15) is 10.2 Å². The monoisotopic (exact) mass is 242 g/mol. The van der Waals surface area contributed by atoms with E-state index < -0.39 is 0 Å². The van der Waals surface area contributed by atoms with E-state index in [1.54, 1.807) is 6.20 Å². The minimum atomic E-state index is 0.430. The van der Waals surface area contributed by atoms with Crippen LogP contribution in [0.5, 0.6) is 0 Å². The van der Waals surface area contributed by atoms with Gasteiger partial charge >= 0.3 is 0 Å². The van der Waals surface area contributed by atoms with Crippen LogP contribution in [0, 0.1) is 5.41 Å². The predicted molar refractivity (Wildman–Crippen MR) is 73.4 cm³/mol. The summed E-state index contributed by atoms with van der Waals surface area (Å²) in [6.45, 7) is 1.76. The van der Waals surface area contributed by atoms with Crippen LogP contribution in [0.25, 0.3) is 10.9 Å². The highest BCUT2D eigenvalue weighted by molar-refractivity contribution is 5.90. The number of nitrogens with one attached hydrogen (secondary N) is 1. The van der Waals surface area contributed by atoms with Gasteiger partial charge < -0.3 is 11.1 Å². The number of nitrogens with zero attached hydrogens (tertiary/aromatic N) is 2. The Hall–Kier alpha value is -1.68. The van der Waals surface area contributed by atoms with Gasteiger partial charge in [0, 0.05) is 11.9 Å². The molecular formula is C14H18N4. The first kappa shape index (κ1) is 11.4. The minimum absolute atomic E-state index is 0.430. The quantitative estimate of drug-likeness (QED) is 0.843. The summed E-state index contributed by atoms with van der Waals surface area (Å²) in [7, 11) is 0. The van der Waals surface area contributed by atoms with Crippen LogP contribution in [0.4, 0.5) is 5.69 Å². The second kappa shape index (κ2) is 4.53. The molecular weight excluding hydrogens is 224 g/mol. The fraction of sp³-hybridized carbons (Fsp3) is 0.429. The number of fused-ring (bicyclic) bond motifs is 1. The first-order chi connectivity index (χ1) is 8.83. The van der Waals surface area contributed by atoms with Gasteiger partial charge in [-0.15, -0.1) is 0 Å². The predicted octanol–water partition coefficient (Wildman–Crippen LogP) is 2.17. The number of nitrogens with two attached hydrogens (primary N) is 1. The Kier molecular flexibility index (Phi) is 2.88. The minimum Gasteiger partial charge on any atom is -0.383 e. The van der Waals surface area contributed by atoms with Crippen molar-refractivity contribution in [1.29, 1.82) is 0 Å². The topological polar surface area (TPSA) is 63.8 Å². The normalized spacial score (nSPS) is 16.7. The Morgan fingerprint density at radius 2 is 2.11 bits per heavy atom. The van der Waals surface area contributed by atoms with Gasteiger partial charge in [-0.25, -0.2) is 0 Å². The van der Waals surface area contributed by atoms with Crippen molar-refractivity contribution < 1.29 is 0 Å². The molecule has 1 fully saturated rings. The van der Waals surface area contributed by atoms with E-state index in [0.717, 1.165) is 36.1 Å². The highest BCUT2D eigenvalue weighted by Gasteiger charge is 2.41. The third-order valence-corrected chi connectivity index (χ3v) is 3.83. The van der Waals surface area contributed by atoms with Gasteiger partial charge in [0.25, 0.3) is 0 Å². The Morgan fingerprint density at radius 3 is 2.89 bits per heavy atom. The van der Waals surface area contributed by atoms with Crippen LogP contribution in [-0.4, -0.2) is 23.3 Å². The molecule has 1 saturated carbocycles. The SMILES string of the molecule is NCCC1(CNc2cnnc3ccccc23)CC1. The molecule has 0 atom stereocenters. The Morgan fingerprint density at radius 1 is 1.28 bits per heavy atom. The third-order valence-electron chi connectivity index (χ3n) is 3.83. The number of rotatable bonds is 5. The molecule has 1 heterocycles. The van der Waals surface area contributed by atoms with Gasteiger partial charge in [0.15, 0.2) is 0 Å². The van der Waals surface area contributed by atoms with E-state index in [9.17, 15) is 0 Å². The number of anilines is 1. The molecule has 18 heavy (non-hydrogen) atoms. The fourth-order valence-electron chi connectivity index (χ4n) is 2.43. The maximum atomic E-state index is 5.66. The largest absolute Gasteiger partial charge is 0.383 e. The maximum absolute atomic E-state index is 5.66. The maximum Gasteiger partial charge on any atom is 0.0950 e. The van der Waals surface area contributed by atoms with Crippen molar-refractivity contribution in [2.45, 2.75) is 19.3 Å². The van der Waals surface area contributed by atoms with Crippen molar-refractivity contribution >= 4 is 16.6 Å². The average Bonchev–Trinajstić information content (AvgIpc) is 3.17. The molecule has 4 heteroatoms. The summed E-state index contributed by atoms with van der Waals surface area (Å²) in [5, 5.41) is 12.8. The molecule has 0 radical (unpaired) electrons. The second-order valence-electron chi connectivity index (χ2n) is 5.17. The first-order valence-corrected chi connectivity index (χ1v) is 6.47. The van der Waals surface area contributed by atoms with Crippen molar-refractivity contribution in [3.8, 4) is 0 Å². The molecule has 3 rings (SSSR count). The van der Waals surface area contributed by atoms with Crippen LogP contribution < -0.4 is 11.1 Å². The molecule has 1 aromatic heterocycles. The Bertz CT molecular complexity index is 543. The molecule has 0 bridgehead atoms. The van der Waals surface area contributed by atoms with Crippen molar-refractivity contribution in [3.63, 3.8) is 0 Å². The zero-order chi connectivity index (χ0) is 12.4. The summed E-state index contributed by atoms with van der Waals surface area (Å²) in [6, 6.07) is 8.08. The molecule has 4 nitrogen and oxygen atoms in total. The smallest absolute Gasteiger partial charge is 0.0950 e. The van der Waals surface area contributed by atoms with Crippen LogP contribution in [0.2, 0.25) is 0 Å². The average molecular weight is 242 g/mol. The van der Waals surface area contributed by atoms with Gasteiger partial charge in [0.2, 0.25) is 0 Å². The highest BCUT2D eigenvalue weighted by Crippen LogP contribution is 2.48. The van der Waals surface area contributed by atoms with Gasteiger partial charge in [0.05, 0.1) is 17.4 Å². The Labute approximate surface area is 107 Å². The lowest BCUT2D eigenvalue weighted by Crippen LogP contribution is -2.19. The summed E-state index contributed by atoms with van der Waals surface area (Å²) in [5.74, 6) is 0. The van der Waals surface area contributed by atoms with Crippen molar-refractivity contribution in [3.05, 3.63) is 30.5 Å². The fourth-order valence-corrected chi connectivity index (χ4v) is 2.43. The van der Waals surface area contributed by atoms with Crippen LogP contribution in [-0.2, 0) is 0 Å². The lowest BCUT2D eigenvalue weighted by molar-refractivity contribution is 0.501. The second-order valence-corrected chi connectivity index (χ2v) is 5.17. The van der Waals surface area contributed by atoms with E-state index in [1.807, 2.05) is 18.2 Å². The molecule has 0 saturated heterocycles. The molecule has 0 amide bonds. The highest BCUT2D eigenvalue weighted by atomic mass is 15.1. The molecule has 1 aliphatic carbocycles. The summed E-state index contributed by atoms with van der Waals surface area (Å²) < 4.78 is 0. The van der Waals surface area contributed by atoms with Crippen LogP contribution in [0.3, 0.4) is 0 Å². The van der Waals surface area contributed by atoms with E-state index in [4.69, 9.17) is 5.73 Å². The molecule has 0 spiro atoms. The number of hydrogen-bond donors (Lipinski definition) is 2. The van der Waals surface area contributed by atoms with E-state index in [1.165, 1.54) is 12.8 Å². The number of hydrogen-bond acceptors (Lipinski definition) is 4. The van der Waals surface area contributed by atoms with Gasteiger partial charge in [-0.3, -0.25) is 0 Å². The molecule has 0 aliphatic heterocycles. The lowest BCUT2D eigenvalue weighted by atomic mass is 10.0. The van der Waals surface area contributed by atoms with Gasteiger partial charge in [-0.05, 0) is 37.3 Å². The molecule has 94 valence electrons. The summed E-state index contributed by atoms with van der Waals surface area (Å²) in [5.41, 5.74) is 8.10. The van der Waals surface area contributed by atoms with Crippen LogP contribution in [0.15, 0.2) is 30.5 Å². The summed E-state index contributed by atoms with van der Waals surface area (Å²) >= 11 is 0. The van der Waals surface area contributed by atoms with Crippen LogP contribution >= 0.6 is 0 Å². The van der Waals surface area contributed by atoms with Crippen LogP contribution in [0.1, 0.15) is 19.3 Å².